The standard InChI is InChI=1S/C23H26N4O3S/c1-16-24-22(30-26-16)15-31-21-6-4-3-5-20(21)23(28)25-17-11-13-27(14-12-17)18-7-9-19(29-2)10-8-18/h3-10,17H,11-15H2,1-2H3,(H,25,28). The van der Waals surface area contributed by atoms with Crippen LogP contribution in [0.2, 0.25) is 0 Å². The number of carbonyl (C=O) groups excluding carboxylic acids is 1. The number of piperidine rings is 1. The zero-order valence-electron chi connectivity index (χ0n) is 17.7. The molecule has 0 aliphatic carbocycles. The maximum absolute atomic E-state index is 13.0. The summed E-state index contributed by atoms with van der Waals surface area (Å²) in [6.07, 6.45) is 1.82. The molecule has 2 aromatic carbocycles. The Hall–Kier alpha value is -3.00. The Morgan fingerprint density at radius 2 is 1.94 bits per heavy atom. The van der Waals surface area contributed by atoms with Gasteiger partial charge in [-0.2, -0.15) is 4.98 Å². The van der Waals surface area contributed by atoms with Crippen LogP contribution in [-0.4, -0.2) is 42.3 Å². The molecule has 0 spiro atoms. The molecule has 0 saturated carbocycles. The Bertz CT molecular complexity index is 1010. The Balaban J connectivity index is 1.32. The van der Waals surface area contributed by atoms with E-state index in [2.05, 4.69) is 32.5 Å². The van der Waals surface area contributed by atoms with E-state index in [0.29, 0.717) is 23.0 Å². The second kappa shape index (κ2) is 9.87. The van der Waals surface area contributed by atoms with E-state index in [9.17, 15) is 4.79 Å². The lowest BCUT2D eigenvalue weighted by molar-refractivity contribution is 0.0928. The highest BCUT2D eigenvalue weighted by Crippen LogP contribution is 2.27. The van der Waals surface area contributed by atoms with Crippen LogP contribution in [-0.2, 0) is 5.75 Å². The summed E-state index contributed by atoms with van der Waals surface area (Å²) in [6.45, 7) is 3.60. The summed E-state index contributed by atoms with van der Waals surface area (Å²) in [6, 6.07) is 15.9. The number of ether oxygens (including phenoxy) is 1. The van der Waals surface area contributed by atoms with Gasteiger partial charge < -0.3 is 19.5 Å². The van der Waals surface area contributed by atoms with Gasteiger partial charge in [0.1, 0.15) is 5.75 Å². The smallest absolute Gasteiger partial charge is 0.252 e. The van der Waals surface area contributed by atoms with E-state index in [-0.39, 0.29) is 11.9 Å². The normalized spacial score (nSPS) is 14.5. The quantitative estimate of drug-likeness (QED) is 0.557. The Kier molecular flexibility index (Phi) is 6.76. The molecule has 0 atom stereocenters. The van der Waals surface area contributed by atoms with Crippen LogP contribution in [0.15, 0.2) is 57.9 Å². The molecular formula is C23H26N4O3S. The Morgan fingerprint density at radius 3 is 2.61 bits per heavy atom. The number of amides is 1. The lowest BCUT2D eigenvalue weighted by Gasteiger charge is -2.34. The van der Waals surface area contributed by atoms with Crippen LogP contribution in [0.4, 0.5) is 5.69 Å². The molecular weight excluding hydrogens is 412 g/mol. The van der Waals surface area contributed by atoms with Crippen molar-refractivity contribution in [3.8, 4) is 5.75 Å². The lowest BCUT2D eigenvalue weighted by atomic mass is 10.0. The monoisotopic (exact) mass is 438 g/mol. The molecule has 0 unspecified atom stereocenters. The van der Waals surface area contributed by atoms with Crippen molar-refractivity contribution in [2.75, 3.05) is 25.1 Å². The summed E-state index contributed by atoms with van der Waals surface area (Å²) in [5, 5.41) is 7.03. The fourth-order valence-electron chi connectivity index (χ4n) is 3.66. The number of hydrogen-bond donors (Lipinski definition) is 1. The number of aromatic nitrogens is 2. The Morgan fingerprint density at radius 1 is 1.19 bits per heavy atom. The summed E-state index contributed by atoms with van der Waals surface area (Å²) < 4.78 is 10.4. The minimum Gasteiger partial charge on any atom is -0.497 e. The first kappa shape index (κ1) is 21.2. The maximum Gasteiger partial charge on any atom is 0.252 e. The maximum atomic E-state index is 13.0. The van der Waals surface area contributed by atoms with Gasteiger partial charge in [-0.05, 0) is 56.2 Å². The fraction of sp³-hybridized carbons (Fsp3) is 0.348. The number of nitrogens with zero attached hydrogens (tertiary/aromatic N) is 3. The van der Waals surface area contributed by atoms with Gasteiger partial charge in [-0.25, -0.2) is 0 Å². The van der Waals surface area contributed by atoms with Gasteiger partial charge >= 0.3 is 0 Å². The van der Waals surface area contributed by atoms with E-state index in [1.807, 2.05) is 36.4 Å². The highest BCUT2D eigenvalue weighted by Gasteiger charge is 2.22. The van der Waals surface area contributed by atoms with Crippen molar-refractivity contribution in [1.82, 2.24) is 15.5 Å². The molecule has 1 saturated heterocycles. The molecule has 7 nitrogen and oxygen atoms in total. The molecule has 8 heteroatoms. The van der Waals surface area contributed by atoms with E-state index in [1.54, 1.807) is 14.0 Å². The number of nitrogens with one attached hydrogen (secondary N) is 1. The van der Waals surface area contributed by atoms with Gasteiger partial charge in [0.25, 0.3) is 5.91 Å². The van der Waals surface area contributed by atoms with Crippen LogP contribution < -0.4 is 15.0 Å². The average Bonchev–Trinajstić information content (AvgIpc) is 3.23. The molecule has 1 aliphatic heterocycles. The molecule has 1 aliphatic rings. The third kappa shape index (κ3) is 5.38. The van der Waals surface area contributed by atoms with Gasteiger partial charge in [0, 0.05) is 29.7 Å². The van der Waals surface area contributed by atoms with Crippen molar-refractivity contribution >= 4 is 23.4 Å². The first-order chi connectivity index (χ1) is 15.1. The van der Waals surface area contributed by atoms with Crippen LogP contribution >= 0.6 is 11.8 Å². The Labute approximate surface area is 186 Å². The second-order valence-corrected chi connectivity index (χ2v) is 8.47. The molecule has 1 amide bonds. The number of thioether (sulfide) groups is 1. The molecule has 1 aromatic heterocycles. The van der Waals surface area contributed by atoms with Crippen molar-refractivity contribution in [3.63, 3.8) is 0 Å². The molecule has 4 rings (SSSR count). The number of anilines is 1. The molecule has 31 heavy (non-hydrogen) atoms. The highest BCUT2D eigenvalue weighted by molar-refractivity contribution is 7.98. The number of hydrogen-bond acceptors (Lipinski definition) is 7. The van der Waals surface area contributed by atoms with Gasteiger partial charge in [-0.15, -0.1) is 11.8 Å². The molecule has 162 valence electrons. The van der Waals surface area contributed by atoms with Crippen LogP contribution in [0.1, 0.15) is 34.9 Å². The van der Waals surface area contributed by atoms with Crippen molar-refractivity contribution in [1.29, 1.82) is 0 Å². The van der Waals surface area contributed by atoms with E-state index < -0.39 is 0 Å². The number of methoxy groups -OCH3 is 1. The first-order valence-electron chi connectivity index (χ1n) is 10.3. The molecule has 3 aromatic rings. The van der Waals surface area contributed by atoms with Crippen molar-refractivity contribution < 1.29 is 14.1 Å². The SMILES string of the molecule is COc1ccc(N2CCC(NC(=O)c3ccccc3SCc3nc(C)no3)CC2)cc1. The largest absolute Gasteiger partial charge is 0.497 e. The second-order valence-electron chi connectivity index (χ2n) is 7.45. The molecule has 0 radical (unpaired) electrons. The van der Waals surface area contributed by atoms with Crippen molar-refractivity contribution in [2.24, 2.45) is 0 Å². The summed E-state index contributed by atoms with van der Waals surface area (Å²) in [4.78, 5) is 20.4. The summed E-state index contributed by atoms with van der Waals surface area (Å²) >= 11 is 1.53. The van der Waals surface area contributed by atoms with E-state index in [1.165, 1.54) is 17.4 Å². The van der Waals surface area contributed by atoms with E-state index in [4.69, 9.17) is 9.26 Å². The number of rotatable bonds is 7. The molecule has 1 fully saturated rings. The van der Waals surface area contributed by atoms with Crippen LogP contribution in [0, 0.1) is 6.92 Å². The average molecular weight is 439 g/mol. The van der Waals surface area contributed by atoms with E-state index >= 15 is 0 Å². The predicted molar refractivity (Wildman–Crippen MR) is 121 cm³/mol. The third-order valence-electron chi connectivity index (χ3n) is 5.32. The topological polar surface area (TPSA) is 80.5 Å². The number of aryl methyl sites for hydroxylation is 1. The first-order valence-corrected chi connectivity index (χ1v) is 11.3. The predicted octanol–water partition coefficient (Wildman–Crippen LogP) is 4.08. The van der Waals surface area contributed by atoms with Crippen LogP contribution in [0.5, 0.6) is 5.75 Å². The summed E-state index contributed by atoms with van der Waals surface area (Å²) in [5.74, 6) is 2.53. The van der Waals surface area contributed by atoms with Crippen LogP contribution in [0.3, 0.4) is 0 Å². The number of benzene rings is 2. The summed E-state index contributed by atoms with van der Waals surface area (Å²) in [7, 11) is 1.67. The fourth-order valence-corrected chi connectivity index (χ4v) is 4.54. The van der Waals surface area contributed by atoms with Gasteiger partial charge in [0.05, 0.1) is 18.4 Å². The number of carbonyl (C=O) groups is 1. The third-order valence-corrected chi connectivity index (χ3v) is 6.38. The molecule has 1 N–H and O–H groups in total. The van der Waals surface area contributed by atoms with Gasteiger partial charge in [-0.3, -0.25) is 4.79 Å². The van der Waals surface area contributed by atoms with Crippen LogP contribution in [0.25, 0.3) is 0 Å². The highest BCUT2D eigenvalue weighted by atomic mass is 32.2. The van der Waals surface area contributed by atoms with Gasteiger partial charge in [-0.1, -0.05) is 17.3 Å². The van der Waals surface area contributed by atoms with E-state index in [0.717, 1.165) is 36.6 Å². The molecule has 2 heterocycles. The van der Waals surface area contributed by atoms with Crippen molar-refractivity contribution in [3.05, 3.63) is 65.8 Å². The zero-order valence-corrected chi connectivity index (χ0v) is 18.5. The van der Waals surface area contributed by atoms with Gasteiger partial charge in [0.15, 0.2) is 5.82 Å². The molecule has 0 bridgehead atoms. The van der Waals surface area contributed by atoms with Crippen molar-refractivity contribution in [2.45, 2.75) is 36.5 Å². The lowest BCUT2D eigenvalue weighted by Crippen LogP contribution is -2.44. The summed E-state index contributed by atoms with van der Waals surface area (Å²) in [5.41, 5.74) is 1.87. The zero-order chi connectivity index (χ0) is 21.6. The van der Waals surface area contributed by atoms with Gasteiger partial charge in [0.2, 0.25) is 5.89 Å². The minimum atomic E-state index is -0.0345. The minimum absolute atomic E-state index is 0.0345.